The van der Waals surface area contributed by atoms with E-state index in [1.54, 1.807) is 12.1 Å². The molecule has 5 heterocycles. The molecule has 1 unspecified atom stereocenters. The second-order valence-corrected chi connectivity index (χ2v) is 10.2. The van der Waals surface area contributed by atoms with Gasteiger partial charge in [-0.3, -0.25) is 9.79 Å². The highest BCUT2D eigenvalue weighted by Crippen LogP contribution is 2.33. The Bertz CT molecular complexity index is 1430. The summed E-state index contributed by atoms with van der Waals surface area (Å²) in [4.78, 5) is 32.6. The van der Waals surface area contributed by atoms with Crippen molar-refractivity contribution >= 4 is 23.4 Å². The number of ether oxygens (including phenoxy) is 3. The van der Waals surface area contributed by atoms with Crippen molar-refractivity contribution in [3.05, 3.63) is 59.6 Å². The SMILES string of the molecule is CC1(C)OC[C@@H](COc2nccc(NC(=O)C3C[C@H]4CN3C3=CN=C(c5cccc(C(F)(F)F)c5)NC3=N4)n2)O1. The zero-order valence-electron chi connectivity index (χ0n) is 21.6. The Balaban J connectivity index is 1.13. The predicted molar refractivity (Wildman–Crippen MR) is 137 cm³/mol. The van der Waals surface area contributed by atoms with Crippen LogP contribution in [0.2, 0.25) is 0 Å². The maximum atomic E-state index is 13.3. The largest absolute Gasteiger partial charge is 0.461 e. The second-order valence-electron chi connectivity index (χ2n) is 10.2. The van der Waals surface area contributed by atoms with Gasteiger partial charge in [-0.05, 0) is 32.0 Å². The molecule has 2 fully saturated rings. The molecule has 40 heavy (non-hydrogen) atoms. The summed E-state index contributed by atoms with van der Waals surface area (Å²) in [5.74, 6) is 0.0450. The fraction of sp³-hybridized carbons (Fsp3) is 0.423. The lowest BCUT2D eigenvalue weighted by molar-refractivity contribution is -0.141. The lowest BCUT2D eigenvalue weighted by atomic mass is 10.1. The molecule has 2 saturated heterocycles. The molecule has 2 N–H and O–H groups in total. The Morgan fingerprint density at radius 1 is 1.27 bits per heavy atom. The molecule has 11 nitrogen and oxygen atoms in total. The van der Waals surface area contributed by atoms with Crippen molar-refractivity contribution in [2.24, 2.45) is 9.98 Å². The third-order valence-corrected chi connectivity index (χ3v) is 6.81. The average Bonchev–Trinajstić information content (AvgIpc) is 3.45. The zero-order chi connectivity index (χ0) is 28.1. The summed E-state index contributed by atoms with van der Waals surface area (Å²) in [7, 11) is 0. The molecule has 4 aliphatic heterocycles. The Hall–Kier alpha value is -4.04. The van der Waals surface area contributed by atoms with Crippen LogP contribution in [-0.4, -0.2) is 76.2 Å². The van der Waals surface area contributed by atoms with Crippen LogP contribution in [0.3, 0.4) is 0 Å². The third-order valence-electron chi connectivity index (χ3n) is 6.81. The first-order chi connectivity index (χ1) is 19.0. The van der Waals surface area contributed by atoms with Gasteiger partial charge in [-0.2, -0.15) is 18.2 Å². The van der Waals surface area contributed by atoms with Gasteiger partial charge in [0.25, 0.3) is 0 Å². The van der Waals surface area contributed by atoms with Crippen molar-refractivity contribution in [2.45, 2.75) is 50.4 Å². The highest BCUT2D eigenvalue weighted by molar-refractivity contribution is 6.17. The van der Waals surface area contributed by atoms with E-state index in [4.69, 9.17) is 14.2 Å². The van der Waals surface area contributed by atoms with E-state index in [1.807, 2.05) is 18.7 Å². The maximum absolute atomic E-state index is 13.3. The fourth-order valence-corrected chi connectivity index (χ4v) is 5.00. The van der Waals surface area contributed by atoms with E-state index < -0.39 is 23.6 Å². The molecular formula is C26H26F3N7O4. The maximum Gasteiger partial charge on any atom is 0.416 e. The molecule has 4 aliphatic rings. The molecule has 2 aromatic rings. The highest BCUT2D eigenvalue weighted by Gasteiger charge is 2.43. The lowest BCUT2D eigenvalue weighted by Gasteiger charge is -2.32. The molecule has 0 radical (unpaired) electrons. The number of halogens is 3. The van der Waals surface area contributed by atoms with Gasteiger partial charge in [0.1, 0.15) is 30.4 Å². The number of aliphatic imine (C=N–C) groups is 2. The summed E-state index contributed by atoms with van der Waals surface area (Å²) in [5, 5.41) is 5.86. The Morgan fingerprint density at radius 3 is 2.90 bits per heavy atom. The molecule has 0 saturated carbocycles. The first kappa shape index (κ1) is 26.2. The van der Waals surface area contributed by atoms with Crippen LogP contribution in [0.1, 0.15) is 31.4 Å². The van der Waals surface area contributed by atoms with Crippen LogP contribution in [0.15, 0.2) is 58.4 Å². The van der Waals surface area contributed by atoms with E-state index in [1.165, 1.54) is 18.5 Å². The Labute approximate surface area is 227 Å². The first-order valence-corrected chi connectivity index (χ1v) is 12.7. The highest BCUT2D eigenvalue weighted by atomic mass is 19.4. The molecule has 0 spiro atoms. The Morgan fingerprint density at radius 2 is 2.12 bits per heavy atom. The number of hydrogen-bond acceptors (Lipinski definition) is 10. The minimum atomic E-state index is -4.47. The number of amidine groups is 2. The monoisotopic (exact) mass is 557 g/mol. The smallest absolute Gasteiger partial charge is 0.416 e. The van der Waals surface area contributed by atoms with Crippen LogP contribution in [0.4, 0.5) is 19.0 Å². The summed E-state index contributed by atoms with van der Waals surface area (Å²) < 4.78 is 56.4. The molecule has 3 atom stereocenters. The fourth-order valence-electron chi connectivity index (χ4n) is 5.00. The van der Waals surface area contributed by atoms with Crippen LogP contribution < -0.4 is 15.4 Å². The van der Waals surface area contributed by atoms with Crippen molar-refractivity contribution in [2.75, 3.05) is 25.1 Å². The number of hydrogen-bond donors (Lipinski definition) is 2. The van der Waals surface area contributed by atoms with Crippen molar-refractivity contribution in [1.29, 1.82) is 0 Å². The summed E-state index contributed by atoms with van der Waals surface area (Å²) in [6, 6.07) is 5.87. The molecule has 14 heteroatoms. The Kier molecular flexibility index (Phi) is 6.45. The third kappa shape index (κ3) is 5.36. The molecular weight excluding hydrogens is 531 g/mol. The predicted octanol–water partition coefficient (Wildman–Crippen LogP) is 2.71. The van der Waals surface area contributed by atoms with E-state index in [2.05, 4.69) is 30.6 Å². The summed E-state index contributed by atoms with van der Waals surface area (Å²) in [6.07, 6.45) is -1.26. The van der Waals surface area contributed by atoms with E-state index in [9.17, 15) is 18.0 Å². The molecule has 210 valence electrons. The molecule has 2 bridgehead atoms. The van der Waals surface area contributed by atoms with Gasteiger partial charge >= 0.3 is 12.2 Å². The van der Waals surface area contributed by atoms with Crippen molar-refractivity contribution in [3.8, 4) is 6.01 Å². The lowest BCUT2D eigenvalue weighted by Crippen LogP contribution is -2.47. The van der Waals surface area contributed by atoms with E-state index >= 15 is 0 Å². The quantitative estimate of drug-likeness (QED) is 0.556. The molecule has 6 rings (SSSR count). The van der Waals surface area contributed by atoms with E-state index in [0.29, 0.717) is 31.1 Å². The number of nitrogens with zero attached hydrogens (tertiary/aromatic N) is 5. The van der Waals surface area contributed by atoms with Gasteiger partial charge in [-0.25, -0.2) is 9.98 Å². The number of fused-ring (bicyclic) bond motifs is 4. The van der Waals surface area contributed by atoms with Crippen LogP contribution in [0, 0.1) is 0 Å². The molecule has 1 amide bonds. The number of aromatic nitrogens is 2. The van der Waals surface area contributed by atoms with Gasteiger partial charge in [0.05, 0.1) is 30.1 Å². The van der Waals surface area contributed by atoms with Gasteiger partial charge in [0.15, 0.2) is 11.6 Å². The van der Waals surface area contributed by atoms with Gasteiger partial charge in [0, 0.05) is 24.7 Å². The number of amides is 1. The van der Waals surface area contributed by atoms with Crippen LogP contribution in [-0.2, 0) is 20.4 Å². The number of carbonyl (C=O) groups excluding carboxylic acids is 1. The normalized spacial score (nSPS) is 24.9. The van der Waals surface area contributed by atoms with Crippen LogP contribution >= 0.6 is 0 Å². The summed E-state index contributed by atoms with van der Waals surface area (Å²) >= 11 is 0. The van der Waals surface area contributed by atoms with Crippen molar-refractivity contribution < 1.29 is 32.2 Å². The topological polar surface area (TPSA) is 123 Å². The number of carbonyl (C=O) groups is 1. The van der Waals surface area contributed by atoms with Gasteiger partial charge in [-0.15, -0.1) is 0 Å². The molecule has 1 aromatic carbocycles. The standard InChI is InChI=1S/C26H26F3N7O4/c1-25(2)39-13-17(40-25)12-38-24-30-7-6-20(34-24)33-23(37)18-9-16-11-36(18)19-10-31-21(35-22(19)32-16)14-4-3-5-15(8-14)26(27,28)29/h3-8,10,16-18H,9,11-13H2,1-2H3,(H,31,32,35)(H,30,33,34,37)/t16-,17+,18?/m0/s1. The average molecular weight is 558 g/mol. The van der Waals surface area contributed by atoms with Crippen LogP contribution in [0.25, 0.3) is 0 Å². The molecule has 1 aromatic heterocycles. The summed E-state index contributed by atoms with van der Waals surface area (Å²) in [6.45, 7) is 4.75. The van der Waals surface area contributed by atoms with Gasteiger partial charge in [0.2, 0.25) is 5.91 Å². The molecule has 0 aliphatic carbocycles. The summed E-state index contributed by atoms with van der Waals surface area (Å²) in [5.41, 5.74) is 0.115. The van der Waals surface area contributed by atoms with Crippen LogP contribution in [0.5, 0.6) is 6.01 Å². The van der Waals surface area contributed by atoms with Gasteiger partial charge in [-0.1, -0.05) is 12.1 Å². The van der Waals surface area contributed by atoms with E-state index in [-0.39, 0.29) is 47.9 Å². The first-order valence-electron chi connectivity index (χ1n) is 12.7. The van der Waals surface area contributed by atoms with Crippen molar-refractivity contribution in [3.63, 3.8) is 0 Å². The number of rotatable bonds is 6. The second kappa shape index (κ2) is 9.86. The van der Waals surface area contributed by atoms with Crippen molar-refractivity contribution in [1.82, 2.24) is 20.2 Å². The number of benzene rings is 1. The minimum Gasteiger partial charge on any atom is -0.461 e. The zero-order valence-corrected chi connectivity index (χ0v) is 21.6. The van der Waals surface area contributed by atoms with Gasteiger partial charge < -0.3 is 29.7 Å². The minimum absolute atomic E-state index is 0.0952. The number of anilines is 1. The van der Waals surface area contributed by atoms with E-state index in [0.717, 1.165) is 12.1 Å². The number of alkyl halides is 3. The number of nitrogens with one attached hydrogen (secondary N) is 2.